The summed E-state index contributed by atoms with van der Waals surface area (Å²) in [6.45, 7) is 4.56. The topological polar surface area (TPSA) is 103 Å². The van der Waals surface area contributed by atoms with Crippen LogP contribution in [0.4, 0.5) is 15.8 Å². The van der Waals surface area contributed by atoms with Gasteiger partial charge in [-0.3, -0.25) is 9.59 Å². The molecule has 2 aromatic heterocycles. The molecule has 2 amide bonds. The number of anilines is 2. The molecule has 2 fully saturated rings. The normalized spacial score (nSPS) is 22.1. The van der Waals surface area contributed by atoms with Gasteiger partial charge in [-0.1, -0.05) is 12.8 Å². The molecule has 2 aliphatic heterocycles. The second kappa shape index (κ2) is 9.34. The summed E-state index contributed by atoms with van der Waals surface area (Å²) in [5.74, 6) is 0.760. The summed E-state index contributed by atoms with van der Waals surface area (Å²) >= 11 is 0. The highest BCUT2D eigenvalue weighted by Crippen LogP contribution is 2.42. The second-order valence-corrected chi connectivity index (χ2v) is 11.4. The molecule has 3 aliphatic rings. The van der Waals surface area contributed by atoms with Crippen molar-refractivity contribution >= 4 is 28.8 Å². The Kier molecular flexibility index (Phi) is 6.09. The van der Waals surface area contributed by atoms with E-state index in [9.17, 15) is 19.1 Å². The van der Waals surface area contributed by atoms with Crippen LogP contribution in [0.3, 0.4) is 0 Å². The van der Waals surface area contributed by atoms with Gasteiger partial charge in [-0.2, -0.15) is 5.10 Å². The van der Waals surface area contributed by atoms with Crippen LogP contribution in [-0.2, 0) is 6.54 Å². The van der Waals surface area contributed by atoms with E-state index in [-0.39, 0.29) is 24.9 Å². The number of fused-ring (bicyclic) bond motifs is 3. The molecule has 4 heterocycles. The standard InChI is InChI=1S/C28H33FN6O3/c1-28(2,38)24(29)16-34-15-19-11-22(32-26(36)21-13-31-35-9-4-8-30-25(21)35)23(12-20(19)27(34)37)33-10-7-17-5-3-6-18(17)14-33/h4,8-9,11-13,17-18,24,38H,3,5-7,10,14-16H2,1-2H3,(H,32,36)/t17?,18?,24-/m1/s1. The number of hydrogen-bond acceptors (Lipinski definition) is 6. The van der Waals surface area contributed by atoms with Gasteiger partial charge in [0.1, 0.15) is 11.7 Å². The van der Waals surface area contributed by atoms with Crippen molar-refractivity contribution in [2.45, 2.75) is 57.8 Å². The fourth-order valence-electron chi connectivity index (χ4n) is 6.16. The molecule has 6 rings (SSSR count). The zero-order valence-corrected chi connectivity index (χ0v) is 21.7. The van der Waals surface area contributed by atoms with E-state index in [1.807, 2.05) is 12.1 Å². The molecule has 3 aromatic rings. The number of amides is 2. The van der Waals surface area contributed by atoms with E-state index in [0.717, 1.165) is 36.7 Å². The first-order valence-corrected chi connectivity index (χ1v) is 13.4. The predicted molar refractivity (Wildman–Crippen MR) is 141 cm³/mol. The van der Waals surface area contributed by atoms with Crippen LogP contribution in [0.5, 0.6) is 0 Å². The lowest BCUT2D eigenvalue weighted by Crippen LogP contribution is -2.42. The van der Waals surface area contributed by atoms with Gasteiger partial charge in [-0.15, -0.1) is 0 Å². The molecule has 0 bridgehead atoms. The Morgan fingerprint density at radius 1 is 1.26 bits per heavy atom. The van der Waals surface area contributed by atoms with Gasteiger partial charge in [-0.05, 0) is 62.3 Å². The molecule has 1 saturated carbocycles. The zero-order chi connectivity index (χ0) is 26.6. The minimum Gasteiger partial charge on any atom is -0.387 e. The SMILES string of the molecule is CC(C)(O)[C@H](F)CN1Cc2cc(NC(=O)c3cnn4cccnc34)c(N3CCC4CCCC4C3)cc2C1=O. The maximum Gasteiger partial charge on any atom is 0.261 e. The Morgan fingerprint density at radius 2 is 2.08 bits per heavy atom. The van der Waals surface area contributed by atoms with Crippen LogP contribution < -0.4 is 10.2 Å². The van der Waals surface area contributed by atoms with Gasteiger partial charge in [0.15, 0.2) is 5.65 Å². The van der Waals surface area contributed by atoms with Gasteiger partial charge in [0.25, 0.3) is 11.8 Å². The van der Waals surface area contributed by atoms with Crippen LogP contribution in [0.1, 0.15) is 65.8 Å². The van der Waals surface area contributed by atoms with Gasteiger partial charge in [0, 0.05) is 37.6 Å². The number of nitrogens with one attached hydrogen (secondary N) is 1. The molecule has 9 nitrogen and oxygen atoms in total. The number of hydrogen-bond donors (Lipinski definition) is 2. The third-order valence-corrected chi connectivity index (χ3v) is 8.40. The Labute approximate surface area is 220 Å². The molecule has 200 valence electrons. The van der Waals surface area contributed by atoms with Gasteiger partial charge < -0.3 is 20.2 Å². The number of piperidine rings is 1. The molecule has 0 radical (unpaired) electrons. The second-order valence-electron chi connectivity index (χ2n) is 11.4. The first-order chi connectivity index (χ1) is 18.2. The lowest BCUT2D eigenvalue weighted by Gasteiger charge is -2.37. The molecular weight excluding hydrogens is 487 g/mol. The maximum absolute atomic E-state index is 14.7. The van der Waals surface area contributed by atoms with Gasteiger partial charge >= 0.3 is 0 Å². The molecule has 38 heavy (non-hydrogen) atoms. The third-order valence-electron chi connectivity index (χ3n) is 8.40. The number of alkyl halides is 1. The summed E-state index contributed by atoms with van der Waals surface area (Å²) in [5, 5.41) is 17.4. The van der Waals surface area contributed by atoms with Gasteiger partial charge in [0.2, 0.25) is 0 Å². The van der Waals surface area contributed by atoms with Gasteiger partial charge in [-0.25, -0.2) is 13.9 Å². The van der Waals surface area contributed by atoms with Crippen molar-refractivity contribution in [2.24, 2.45) is 11.8 Å². The van der Waals surface area contributed by atoms with Crippen molar-refractivity contribution in [1.82, 2.24) is 19.5 Å². The van der Waals surface area contributed by atoms with Crippen LogP contribution in [0.25, 0.3) is 5.65 Å². The quantitative estimate of drug-likeness (QED) is 0.514. The van der Waals surface area contributed by atoms with Crippen molar-refractivity contribution in [3.05, 3.63) is 53.5 Å². The Hall–Kier alpha value is -3.53. The van der Waals surface area contributed by atoms with E-state index in [1.165, 1.54) is 44.2 Å². The van der Waals surface area contributed by atoms with Crippen molar-refractivity contribution < 1.29 is 19.1 Å². The zero-order valence-electron chi connectivity index (χ0n) is 21.7. The minimum atomic E-state index is -1.58. The fourth-order valence-corrected chi connectivity index (χ4v) is 6.16. The number of aromatic nitrogens is 3. The van der Waals surface area contributed by atoms with Gasteiger partial charge in [0.05, 0.1) is 29.7 Å². The predicted octanol–water partition coefficient (Wildman–Crippen LogP) is 3.67. The van der Waals surface area contributed by atoms with E-state index in [2.05, 4.69) is 20.3 Å². The summed E-state index contributed by atoms with van der Waals surface area (Å²) < 4.78 is 16.2. The molecule has 1 aromatic carbocycles. The molecule has 2 N–H and O–H groups in total. The molecule has 0 spiro atoms. The van der Waals surface area contributed by atoms with E-state index >= 15 is 0 Å². The molecule has 2 unspecified atom stereocenters. The molecule has 1 aliphatic carbocycles. The molecule has 1 saturated heterocycles. The number of nitrogens with zero attached hydrogens (tertiary/aromatic N) is 5. The molecular formula is C28H33FN6O3. The maximum atomic E-state index is 14.7. The average Bonchev–Trinajstić information content (AvgIpc) is 3.60. The summed E-state index contributed by atoms with van der Waals surface area (Å²) in [6, 6.07) is 5.45. The molecule has 3 atom stereocenters. The lowest BCUT2D eigenvalue weighted by molar-refractivity contribution is -0.0159. The Bertz CT molecular complexity index is 1400. The van der Waals surface area contributed by atoms with E-state index < -0.39 is 11.8 Å². The third kappa shape index (κ3) is 4.40. The number of halogens is 1. The molecule has 10 heteroatoms. The summed E-state index contributed by atoms with van der Waals surface area (Å²) in [7, 11) is 0. The number of carbonyl (C=O) groups is 2. The highest BCUT2D eigenvalue weighted by atomic mass is 19.1. The summed E-state index contributed by atoms with van der Waals surface area (Å²) in [5.41, 5.74) is 1.94. The summed E-state index contributed by atoms with van der Waals surface area (Å²) in [6.07, 6.45) is 8.07. The van der Waals surface area contributed by atoms with Crippen molar-refractivity contribution in [1.29, 1.82) is 0 Å². The monoisotopic (exact) mass is 520 g/mol. The fraction of sp³-hybridized carbons (Fsp3) is 0.500. The van der Waals surface area contributed by atoms with Crippen LogP contribution in [0.2, 0.25) is 0 Å². The smallest absolute Gasteiger partial charge is 0.261 e. The lowest BCUT2D eigenvalue weighted by atomic mass is 9.88. The van der Waals surface area contributed by atoms with Crippen LogP contribution in [0, 0.1) is 11.8 Å². The largest absolute Gasteiger partial charge is 0.387 e. The number of aliphatic hydroxyl groups is 1. The van der Waals surface area contributed by atoms with Crippen LogP contribution in [0.15, 0.2) is 36.8 Å². The van der Waals surface area contributed by atoms with Crippen LogP contribution >= 0.6 is 0 Å². The highest BCUT2D eigenvalue weighted by Gasteiger charge is 2.37. The first-order valence-electron chi connectivity index (χ1n) is 13.4. The van der Waals surface area contributed by atoms with E-state index in [4.69, 9.17) is 0 Å². The number of rotatable bonds is 6. The first kappa shape index (κ1) is 24.8. The summed E-state index contributed by atoms with van der Waals surface area (Å²) in [4.78, 5) is 34.7. The van der Waals surface area contributed by atoms with E-state index in [0.29, 0.717) is 28.4 Å². The average molecular weight is 521 g/mol. The van der Waals surface area contributed by atoms with Crippen molar-refractivity contribution in [3.63, 3.8) is 0 Å². The number of carbonyl (C=O) groups excluding carboxylic acids is 2. The number of benzene rings is 1. The Morgan fingerprint density at radius 3 is 2.89 bits per heavy atom. The Balaban J connectivity index is 1.33. The highest BCUT2D eigenvalue weighted by molar-refractivity contribution is 6.10. The van der Waals surface area contributed by atoms with Crippen molar-refractivity contribution in [3.8, 4) is 0 Å². The van der Waals surface area contributed by atoms with Crippen molar-refractivity contribution in [2.75, 3.05) is 29.9 Å². The van der Waals surface area contributed by atoms with E-state index in [1.54, 1.807) is 23.0 Å². The minimum absolute atomic E-state index is 0.199. The van der Waals surface area contributed by atoms with Crippen LogP contribution in [-0.4, -0.2) is 67.8 Å².